The lowest BCUT2D eigenvalue weighted by Crippen LogP contribution is -2.07. The molecule has 3 aromatic heterocycles. The van der Waals surface area contributed by atoms with Crippen LogP contribution < -0.4 is 0 Å². The molecule has 0 atom stereocenters. The van der Waals surface area contributed by atoms with Crippen molar-refractivity contribution >= 4 is 17.0 Å². The zero-order valence-electron chi connectivity index (χ0n) is 18.6. The van der Waals surface area contributed by atoms with Gasteiger partial charge in [-0.25, -0.2) is 14.9 Å². The summed E-state index contributed by atoms with van der Waals surface area (Å²) in [5.41, 5.74) is 7.18. The SMILES string of the molecule is Cc1cc(C(=O)O)nc2c1cc(C1CC1)n2Cc1ccc(-c2ccccc2-c2nnn[nH]2)cc1. The van der Waals surface area contributed by atoms with E-state index >= 15 is 0 Å². The lowest BCUT2D eigenvalue weighted by molar-refractivity contribution is 0.0690. The smallest absolute Gasteiger partial charge is 0.354 e. The first-order chi connectivity index (χ1) is 16.6. The first-order valence-electron chi connectivity index (χ1n) is 11.2. The summed E-state index contributed by atoms with van der Waals surface area (Å²) in [6.07, 6.45) is 2.32. The molecule has 0 unspecified atom stereocenters. The minimum atomic E-state index is -1.00. The average Bonchev–Trinajstić information content (AvgIpc) is 3.41. The van der Waals surface area contributed by atoms with Crippen LogP contribution in [0.2, 0.25) is 0 Å². The maximum Gasteiger partial charge on any atom is 0.354 e. The van der Waals surface area contributed by atoms with Gasteiger partial charge in [-0.15, -0.1) is 5.10 Å². The minimum Gasteiger partial charge on any atom is -0.477 e. The summed E-state index contributed by atoms with van der Waals surface area (Å²) >= 11 is 0. The number of rotatable bonds is 6. The molecule has 0 bridgehead atoms. The summed E-state index contributed by atoms with van der Waals surface area (Å²) in [5, 5.41) is 24.8. The highest BCUT2D eigenvalue weighted by Gasteiger charge is 2.29. The van der Waals surface area contributed by atoms with Gasteiger partial charge in [-0.1, -0.05) is 48.5 Å². The number of H-pyrrole nitrogens is 1. The fraction of sp³-hybridized carbons (Fsp3) is 0.192. The van der Waals surface area contributed by atoms with E-state index in [2.05, 4.69) is 66.6 Å². The normalized spacial score (nSPS) is 13.4. The molecule has 168 valence electrons. The molecule has 0 aliphatic heterocycles. The van der Waals surface area contributed by atoms with Gasteiger partial charge in [0, 0.05) is 23.2 Å². The number of fused-ring (bicyclic) bond motifs is 1. The number of aromatic nitrogens is 6. The Balaban J connectivity index is 1.38. The van der Waals surface area contributed by atoms with Crippen molar-refractivity contribution in [1.82, 2.24) is 30.2 Å². The molecule has 8 nitrogen and oxygen atoms in total. The Kier molecular flexibility index (Phi) is 4.72. The molecule has 1 saturated carbocycles. The molecule has 34 heavy (non-hydrogen) atoms. The van der Waals surface area contributed by atoms with Crippen molar-refractivity contribution in [3.05, 3.63) is 83.2 Å². The zero-order chi connectivity index (χ0) is 23.2. The Morgan fingerprint density at radius 3 is 2.53 bits per heavy atom. The number of aromatic amines is 1. The third-order valence-corrected chi connectivity index (χ3v) is 6.45. The number of aromatic carboxylic acids is 1. The number of aryl methyl sites for hydroxylation is 1. The number of hydrogen-bond donors (Lipinski definition) is 2. The van der Waals surface area contributed by atoms with Crippen molar-refractivity contribution in [3.8, 4) is 22.5 Å². The molecule has 3 heterocycles. The summed E-state index contributed by atoms with van der Waals surface area (Å²) in [6.45, 7) is 2.59. The molecular weight excluding hydrogens is 428 g/mol. The number of benzene rings is 2. The second-order valence-corrected chi connectivity index (χ2v) is 8.79. The second kappa shape index (κ2) is 7.91. The Morgan fingerprint density at radius 2 is 1.85 bits per heavy atom. The van der Waals surface area contributed by atoms with E-state index in [-0.39, 0.29) is 5.69 Å². The van der Waals surface area contributed by atoms with Gasteiger partial charge in [0.05, 0.1) is 0 Å². The number of nitrogens with zero attached hydrogens (tertiary/aromatic N) is 5. The van der Waals surface area contributed by atoms with Crippen LogP contribution in [0.15, 0.2) is 60.7 Å². The third-order valence-electron chi connectivity index (χ3n) is 6.45. The van der Waals surface area contributed by atoms with Gasteiger partial charge >= 0.3 is 5.97 Å². The van der Waals surface area contributed by atoms with Gasteiger partial charge in [-0.3, -0.25) is 0 Å². The Bertz CT molecular complexity index is 1520. The Labute approximate surface area is 195 Å². The number of nitrogens with one attached hydrogen (secondary N) is 1. The fourth-order valence-electron chi connectivity index (χ4n) is 4.58. The van der Waals surface area contributed by atoms with E-state index in [0.717, 1.165) is 51.7 Å². The summed E-state index contributed by atoms with van der Waals surface area (Å²) in [4.78, 5) is 16.1. The van der Waals surface area contributed by atoms with Crippen molar-refractivity contribution in [2.45, 2.75) is 32.2 Å². The molecule has 1 aliphatic carbocycles. The quantitative estimate of drug-likeness (QED) is 0.384. The number of carboxylic acid groups (broad SMARTS) is 1. The number of carbonyl (C=O) groups is 1. The van der Waals surface area contributed by atoms with Gasteiger partial charge in [0.25, 0.3) is 0 Å². The van der Waals surface area contributed by atoms with Crippen LogP contribution in [0.4, 0.5) is 0 Å². The average molecular weight is 451 g/mol. The van der Waals surface area contributed by atoms with E-state index in [9.17, 15) is 9.90 Å². The first-order valence-corrected chi connectivity index (χ1v) is 11.2. The maximum atomic E-state index is 11.6. The molecule has 0 amide bonds. The van der Waals surface area contributed by atoms with E-state index in [0.29, 0.717) is 18.3 Å². The van der Waals surface area contributed by atoms with Crippen molar-refractivity contribution < 1.29 is 9.90 Å². The Morgan fingerprint density at radius 1 is 1.09 bits per heavy atom. The summed E-state index contributed by atoms with van der Waals surface area (Å²) < 4.78 is 2.19. The summed E-state index contributed by atoms with van der Waals surface area (Å²) in [7, 11) is 0. The monoisotopic (exact) mass is 450 g/mol. The first kappa shape index (κ1) is 20.3. The summed E-state index contributed by atoms with van der Waals surface area (Å²) in [5.74, 6) is 0.141. The lowest BCUT2D eigenvalue weighted by atomic mass is 9.98. The second-order valence-electron chi connectivity index (χ2n) is 8.79. The highest BCUT2D eigenvalue weighted by molar-refractivity contribution is 5.91. The number of hydrogen-bond acceptors (Lipinski definition) is 5. The molecule has 8 heteroatoms. The largest absolute Gasteiger partial charge is 0.477 e. The maximum absolute atomic E-state index is 11.6. The van der Waals surface area contributed by atoms with Crippen molar-refractivity contribution in [2.75, 3.05) is 0 Å². The van der Waals surface area contributed by atoms with E-state index < -0.39 is 5.97 Å². The van der Waals surface area contributed by atoms with Crippen molar-refractivity contribution in [2.24, 2.45) is 0 Å². The summed E-state index contributed by atoms with van der Waals surface area (Å²) in [6, 6.07) is 20.3. The number of carboxylic acids is 1. The van der Waals surface area contributed by atoms with Crippen LogP contribution in [-0.4, -0.2) is 41.3 Å². The third kappa shape index (κ3) is 3.53. The van der Waals surface area contributed by atoms with E-state index in [1.807, 2.05) is 25.1 Å². The molecular formula is C26H22N6O2. The van der Waals surface area contributed by atoms with Gasteiger partial charge < -0.3 is 9.67 Å². The topological polar surface area (TPSA) is 110 Å². The van der Waals surface area contributed by atoms with Crippen LogP contribution in [0.25, 0.3) is 33.5 Å². The molecule has 0 radical (unpaired) electrons. The molecule has 6 rings (SSSR count). The van der Waals surface area contributed by atoms with Gasteiger partial charge in [-0.2, -0.15) is 0 Å². The molecule has 1 aliphatic rings. The highest BCUT2D eigenvalue weighted by atomic mass is 16.4. The number of tetrazole rings is 1. The van der Waals surface area contributed by atoms with Gasteiger partial charge in [0.1, 0.15) is 5.65 Å². The van der Waals surface area contributed by atoms with Crippen LogP contribution in [0, 0.1) is 6.92 Å². The Hall–Kier alpha value is -4.33. The zero-order valence-corrected chi connectivity index (χ0v) is 18.6. The molecule has 0 saturated heterocycles. The predicted molar refractivity (Wildman–Crippen MR) is 128 cm³/mol. The molecule has 0 spiro atoms. The van der Waals surface area contributed by atoms with Crippen LogP contribution in [0.3, 0.4) is 0 Å². The standard InChI is InChI=1S/C26H22N6O2/c1-15-12-22(26(33)34)27-25-21(15)13-23(18-10-11-18)32(25)14-16-6-8-17(9-7-16)19-4-2-3-5-20(19)24-28-30-31-29-24/h2-9,12-13,18H,10-11,14H2,1H3,(H,33,34)(H,28,29,30,31). The van der Waals surface area contributed by atoms with E-state index in [4.69, 9.17) is 0 Å². The fourth-order valence-corrected chi connectivity index (χ4v) is 4.58. The van der Waals surface area contributed by atoms with Crippen LogP contribution >= 0.6 is 0 Å². The van der Waals surface area contributed by atoms with Crippen LogP contribution in [0.1, 0.15) is 46.1 Å². The van der Waals surface area contributed by atoms with Crippen LogP contribution in [-0.2, 0) is 6.54 Å². The van der Waals surface area contributed by atoms with Crippen molar-refractivity contribution in [1.29, 1.82) is 0 Å². The predicted octanol–water partition coefficient (Wildman–Crippen LogP) is 4.82. The van der Waals surface area contributed by atoms with E-state index in [1.54, 1.807) is 6.07 Å². The molecule has 2 N–H and O–H groups in total. The van der Waals surface area contributed by atoms with Crippen molar-refractivity contribution in [3.63, 3.8) is 0 Å². The van der Waals surface area contributed by atoms with Gasteiger partial charge in [-0.05, 0) is 70.5 Å². The highest BCUT2D eigenvalue weighted by Crippen LogP contribution is 2.43. The molecule has 5 aromatic rings. The molecule has 1 fully saturated rings. The molecule has 2 aromatic carbocycles. The van der Waals surface area contributed by atoms with Gasteiger partial charge in [0.15, 0.2) is 11.5 Å². The minimum absolute atomic E-state index is 0.0838. The van der Waals surface area contributed by atoms with Crippen LogP contribution in [0.5, 0.6) is 0 Å². The number of pyridine rings is 1. The van der Waals surface area contributed by atoms with E-state index in [1.165, 1.54) is 5.69 Å². The lowest BCUT2D eigenvalue weighted by Gasteiger charge is -2.12. The van der Waals surface area contributed by atoms with Gasteiger partial charge in [0.2, 0.25) is 0 Å².